The van der Waals surface area contributed by atoms with E-state index < -0.39 is 19.9 Å². The predicted molar refractivity (Wildman–Crippen MR) is 86.3 cm³/mol. The summed E-state index contributed by atoms with van der Waals surface area (Å²) in [5.74, 6) is 0. The van der Waals surface area contributed by atoms with E-state index in [9.17, 15) is 16.8 Å². The fourth-order valence-electron chi connectivity index (χ4n) is 1.93. The molecule has 2 aromatic rings. The molecule has 0 saturated heterocycles. The number of nitrogens with zero attached hydrogens (tertiary/aromatic N) is 1. The van der Waals surface area contributed by atoms with Crippen LogP contribution in [0.3, 0.4) is 0 Å². The Balaban J connectivity index is 2.52. The maximum atomic E-state index is 12.5. The lowest BCUT2D eigenvalue weighted by Crippen LogP contribution is -2.15. The molecule has 0 radical (unpaired) electrons. The molecule has 0 heterocycles. The third-order valence-corrected chi connectivity index (χ3v) is 5.71. The smallest absolute Gasteiger partial charge is 0.263 e. The van der Waals surface area contributed by atoms with E-state index in [1.54, 1.807) is 13.0 Å². The van der Waals surface area contributed by atoms with E-state index in [2.05, 4.69) is 4.72 Å². The highest BCUT2D eigenvalue weighted by Gasteiger charge is 2.20. The summed E-state index contributed by atoms with van der Waals surface area (Å²) >= 11 is 0. The van der Waals surface area contributed by atoms with Crippen molar-refractivity contribution in [3.63, 3.8) is 0 Å². The van der Waals surface area contributed by atoms with Crippen molar-refractivity contribution in [1.29, 1.82) is 5.26 Å². The molecule has 0 amide bonds. The van der Waals surface area contributed by atoms with Crippen molar-refractivity contribution in [3.8, 4) is 6.07 Å². The van der Waals surface area contributed by atoms with Crippen molar-refractivity contribution < 1.29 is 16.8 Å². The zero-order chi connectivity index (χ0) is 17.3. The molecule has 0 aliphatic heterocycles. The minimum atomic E-state index is -4.01. The van der Waals surface area contributed by atoms with Crippen LogP contribution >= 0.6 is 0 Å². The minimum absolute atomic E-state index is 0.00867. The molecular weight excluding hydrogens is 336 g/mol. The first-order valence-electron chi connectivity index (χ1n) is 6.48. The van der Waals surface area contributed by atoms with Crippen molar-refractivity contribution in [2.45, 2.75) is 16.7 Å². The average molecular weight is 350 g/mol. The van der Waals surface area contributed by atoms with Gasteiger partial charge in [-0.2, -0.15) is 5.26 Å². The van der Waals surface area contributed by atoms with E-state index in [1.165, 1.54) is 36.4 Å². The molecule has 0 atom stereocenters. The lowest BCUT2D eigenvalue weighted by Gasteiger charge is -2.12. The van der Waals surface area contributed by atoms with E-state index in [-0.39, 0.29) is 21.0 Å². The highest BCUT2D eigenvalue weighted by molar-refractivity contribution is 7.92. The van der Waals surface area contributed by atoms with Crippen LogP contribution in [0.4, 0.5) is 5.69 Å². The molecule has 0 saturated carbocycles. The number of aryl methyl sites for hydroxylation is 1. The van der Waals surface area contributed by atoms with Crippen LogP contribution in [-0.2, 0) is 19.9 Å². The van der Waals surface area contributed by atoms with Gasteiger partial charge in [-0.05, 0) is 36.8 Å². The quantitative estimate of drug-likeness (QED) is 0.909. The monoisotopic (exact) mass is 350 g/mol. The molecule has 2 aromatic carbocycles. The molecule has 0 aliphatic rings. The molecule has 0 bridgehead atoms. The molecule has 0 aromatic heterocycles. The molecule has 1 N–H and O–H groups in total. The van der Waals surface area contributed by atoms with Gasteiger partial charge in [0.1, 0.15) is 11.0 Å². The summed E-state index contributed by atoms with van der Waals surface area (Å²) in [6.45, 7) is 1.65. The van der Waals surface area contributed by atoms with E-state index >= 15 is 0 Å². The van der Waals surface area contributed by atoms with Crippen molar-refractivity contribution in [2.75, 3.05) is 11.0 Å². The number of sulfone groups is 1. The van der Waals surface area contributed by atoms with Gasteiger partial charge in [0.15, 0.2) is 9.84 Å². The summed E-state index contributed by atoms with van der Waals surface area (Å²) in [4.78, 5) is -0.152. The number of nitrogens with one attached hydrogen (secondary N) is 1. The summed E-state index contributed by atoms with van der Waals surface area (Å²) in [5, 5.41) is 9.03. The molecule has 0 spiro atoms. The van der Waals surface area contributed by atoms with Crippen molar-refractivity contribution in [1.82, 2.24) is 0 Å². The molecule has 120 valence electrons. The Labute approximate surface area is 135 Å². The third-order valence-electron chi connectivity index (χ3n) is 3.18. The fraction of sp³-hybridized carbons (Fsp3) is 0.133. The van der Waals surface area contributed by atoms with Gasteiger partial charge < -0.3 is 0 Å². The lowest BCUT2D eigenvalue weighted by molar-refractivity contribution is 0.598. The van der Waals surface area contributed by atoms with Crippen LogP contribution in [0, 0.1) is 18.3 Å². The number of sulfonamides is 1. The molecule has 0 unspecified atom stereocenters. The minimum Gasteiger partial charge on any atom is -0.279 e. The zero-order valence-electron chi connectivity index (χ0n) is 12.4. The van der Waals surface area contributed by atoms with E-state index in [1.807, 2.05) is 6.07 Å². The second kappa shape index (κ2) is 6.02. The molecule has 23 heavy (non-hydrogen) atoms. The number of nitriles is 1. The first-order chi connectivity index (χ1) is 10.6. The summed E-state index contributed by atoms with van der Waals surface area (Å²) in [5.41, 5.74) is 0.730. The Bertz CT molecular complexity index is 1000. The van der Waals surface area contributed by atoms with Gasteiger partial charge in [0.2, 0.25) is 0 Å². The van der Waals surface area contributed by atoms with Gasteiger partial charge in [-0.15, -0.1) is 0 Å². The summed E-state index contributed by atoms with van der Waals surface area (Å²) < 4.78 is 50.5. The van der Waals surface area contributed by atoms with Crippen molar-refractivity contribution in [2.24, 2.45) is 0 Å². The third kappa shape index (κ3) is 3.70. The summed E-state index contributed by atoms with van der Waals surface area (Å²) in [7, 11) is -7.47. The van der Waals surface area contributed by atoms with Crippen LogP contribution in [0.1, 0.15) is 11.1 Å². The van der Waals surface area contributed by atoms with Crippen molar-refractivity contribution >= 4 is 25.5 Å². The summed E-state index contributed by atoms with van der Waals surface area (Å²) in [6, 6.07) is 11.8. The van der Waals surface area contributed by atoms with Gasteiger partial charge in [0.25, 0.3) is 10.0 Å². The van der Waals surface area contributed by atoms with Crippen molar-refractivity contribution in [3.05, 3.63) is 53.6 Å². The Hall–Kier alpha value is -2.37. The Morgan fingerprint density at radius 2 is 1.70 bits per heavy atom. The number of rotatable bonds is 4. The molecule has 0 fully saturated rings. The summed E-state index contributed by atoms with van der Waals surface area (Å²) in [6.07, 6.45) is 1.04. The van der Waals surface area contributed by atoms with Crippen LogP contribution in [0.2, 0.25) is 0 Å². The molecular formula is C15H14N2O4S2. The standard InChI is InChI=1S/C15H14N2O4S2/c1-11-7-8-13(22(2,18)19)9-14(11)17-23(20,21)15-6-4-3-5-12(15)10-16/h3-9,17H,1-2H3. The second-order valence-electron chi connectivity index (χ2n) is 4.96. The highest BCUT2D eigenvalue weighted by Crippen LogP contribution is 2.24. The van der Waals surface area contributed by atoms with Crippen LogP contribution in [0.5, 0.6) is 0 Å². The molecule has 8 heteroatoms. The highest BCUT2D eigenvalue weighted by atomic mass is 32.2. The number of hydrogen-bond acceptors (Lipinski definition) is 5. The molecule has 0 aliphatic carbocycles. The Morgan fingerprint density at radius 1 is 1.04 bits per heavy atom. The molecule has 6 nitrogen and oxygen atoms in total. The number of benzene rings is 2. The maximum absolute atomic E-state index is 12.5. The van der Waals surface area contributed by atoms with Gasteiger partial charge in [0.05, 0.1) is 16.1 Å². The van der Waals surface area contributed by atoms with Crippen LogP contribution in [-0.4, -0.2) is 23.1 Å². The van der Waals surface area contributed by atoms with E-state index in [0.717, 1.165) is 6.26 Å². The van der Waals surface area contributed by atoms with E-state index in [4.69, 9.17) is 5.26 Å². The van der Waals surface area contributed by atoms with E-state index in [0.29, 0.717) is 5.56 Å². The molecule has 2 rings (SSSR count). The van der Waals surface area contributed by atoms with Gasteiger partial charge >= 0.3 is 0 Å². The van der Waals surface area contributed by atoms with Gasteiger partial charge in [-0.1, -0.05) is 18.2 Å². The topological polar surface area (TPSA) is 104 Å². The second-order valence-corrected chi connectivity index (χ2v) is 8.63. The Kier molecular flexibility index (Phi) is 4.45. The largest absolute Gasteiger partial charge is 0.279 e. The fourth-order valence-corrected chi connectivity index (χ4v) is 3.86. The SMILES string of the molecule is Cc1ccc(S(C)(=O)=O)cc1NS(=O)(=O)c1ccccc1C#N. The Morgan fingerprint density at radius 3 is 2.30 bits per heavy atom. The predicted octanol–water partition coefficient (Wildman–Crippen LogP) is 2.07. The van der Waals surface area contributed by atoms with Crippen LogP contribution in [0.25, 0.3) is 0 Å². The van der Waals surface area contributed by atoms with Crippen LogP contribution in [0.15, 0.2) is 52.3 Å². The lowest BCUT2D eigenvalue weighted by atomic mass is 10.2. The first-order valence-corrected chi connectivity index (χ1v) is 9.85. The van der Waals surface area contributed by atoms with Crippen LogP contribution < -0.4 is 4.72 Å². The zero-order valence-corrected chi connectivity index (χ0v) is 14.1. The first kappa shape index (κ1) is 17.0. The van der Waals surface area contributed by atoms with Gasteiger partial charge in [0, 0.05) is 6.26 Å². The van der Waals surface area contributed by atoms with Gasteiger partial charge in [-0.25, -0.2) is 16.8 Å². The van der Waals surface area contributed by atoms with Gasteiger partial charge in [-0.3, -0.25) is 4.72 Å². The number of hydrogen-bond donors (Lipinski definition) is 1. The normalized spacial score (nSPS) is 11.7. The number of anilines is 1. The average Bonchev–Trinajstić information content (AvgIpc) is 2.48. The maximum Gasteiger partial charge on any atom is 0.263 e.